The highest BCUT2D eigenvalue weighted by Gasteiger charge is 2.42. The molecule has 0 bridgehead atoms. The quantitative estimate of drug-likeness (QED) is 0.908. The van der Waals surface area contributed by atoms with Crippen LogP contribution in [0.3, 0.4) is 0 Å². The Morgan fingerprint density at radius 1 is 1.12 bits per heavy atom. The number of amides is 2. The lowest BCUT2D eigenvalue weighted by Gasteiger charge is -2.35. The first kappa shape index (κ1) is 16.4. The number of nitrogens with zero attached hydrogens (tertiary/aromatic N) is 3. The van der Waals surface area contributed by atoms with Gasteiger partial charge in [-0.3, -0.25) is 5.01 Å². The Morgan fingerprint density at radius 2 is 1.77 bits per heavy atom. The molecule has 2 aromatic carbocycles. The van der Waals surface area contributed by atoms with Gasteiger partial charge in [-0.15, -0.1) is 0 Å². The van der Waals surface area contributed by atoms with Gasteiger partial charge >= 0.3 is 6.03 Å². The van der Waals surface area contributed by atoms with Crippen molar-refractivity contribution in [2.75, 3.05) is 20.1 Å². The second-order valence-electron chi connectivity index (χ2n) is 6.82. The van der Waals surface area contributed by atoms with Gasteiger partial charge in [0.1, 0.15) is 0 Å². The first-order valence-electron chi connectivity index (χ1n) is 8.80. The third-order valence-electron chi connectivity index (χ3n) is 5.10. The largest absolute Gasteiger partial charge is 0.351 e. The van der Waals surface area contributed by atoms with E-state index in [4.69, 9.17) is 10.8 Å². The van der Waals surface area contributed by atoms with Gasteiger partial charge in [-0.1, -0.05) is 60.7 Å². The summed E-state index contributed by atoms with van der Waals surface area (Å²) >= 11 is 0. The number of hydrogen-bond donors (Lipinski definition) is 1. The molecule has 0 aliphatic carbocycles. The molecule has 2 aliphatic rings. The molecule has 1 fully saturated rings. The minimum atomic E-state index is -0.385. The van der Waals surface area contributed by atoms with E-state index in [0.29, 0.717) is 13.1 Å². The predicted octanol–water partition coefficient (Wildman–Crippen LogP) is 3.12. The van der Waals surface area contributed by atoms with E-state index >= 15 is 0 Å². The average molecular weight is 346 g/mol. The van der Waals surface area contributed by atoms with Gasteiger partial charge in [0.2, 0.25) is 0 Å². The Morgan fingerprint density at radius 3 is 2.42 bits per heavy atom. The SMILES string of the molecule is CN1N=C2/C(=C/c3ccccc3)CN(C(N)=O)CC2C1c1ccccc1. The van der Waals surface area contributed by atoms with Crippen molar-refractivity contribution < 1.29 is 4.79 Å². The van der Waals surface area contributed by atoms with E-state index < -0.39 is 0 Å². The van der Waals surface area contributed by atoms with Crippen LogP contribution >= 0.6 is 0 Å². The number of hydrazone groups is 1. The molecule has 0 spiro atoms. The second kappa shape index (κ2) is 6.67. The third kappa shape index (κ3) is 2.96. The highest BCUT2D eigenvalue weighted by molar-refractivity contribution is 6.08. The van der Waals surface area contributed by atoms with Crippen LogP contribution < -0.4 is 5.73 Å². The Labute approximate surface area is 153 Å². The predicted molar refractivity (Wildman–Crippen MR) is 103 cm³/mol. The number of rotatable bonds is 2. The fourth-order valence-corrected chi connectivity index (χ4v) is 3.93. The van der Waals surface area contributed by atoms with Crippen LogP contribution in [-0.4, -0.2) is 41.8 Å². The van der Waals surface area contributed by atoms with Gasteiger partial charge in [-0.25, -0.2) is 4.79 Å². The van der Waals surface area contributed by atoms with Gasteiger partial charge in [0.15, 0.2) is 0 Å². The second-order valence-corrected chi connectivity index (χ2v) is 6.82. The summed E-state index contributed by atoms with van der Waals surface area (Å²) in [6.07, 6.45) is 2.11. The van der Waals surface area contributed by atoms with Crippen LogP contribution in [0.15, 0.2) is 71.3 Å². The summed E-state index contributed by atoms with van der Waals surface area (Å²) < 4.78 is 0. The number of carbonyl (C=O) groups is 1. The summed E-state index contributed by atoms with van der Waals surface area (Å²) in [4.78, 5) is 13.6. The lowest BCUT2D eigenvalue weighted by molar-refractivity contribution is 0.186. The molecule has 2 unspecified atom stereocenters. The summed E-state index contributed by atoms with van der Waals surface area (Å²) in [5.41, 5.74) is 10.0. The maximum absolute atomic E-state index is 11.9. The van der Waals surface area contributed by atoms with E-state index in [9.17, 15) is 4.79 Å². The van der Waals surface area contributed by atoms with E-state index in [1.165, 1.54) is 5.56 Å². The molecular formula is C21H22N4O. The molecule has 0 saturated carbocycles. The Balaban J connectivity index is 1.74. The number of urea groups is 1. The van der Waals surface area contributed by atoms with Crippen molar-refractivity contribution in [1.29, 1.82) is 0 Å². The molecule has 2 aliphatic heterocycles. The van der Waals surface area contributed by atoms with Crippen molar-refractivity contribution in [2.24, 2.45) is 16.8 Å². The molecule has 2 heterocycles. The minimum absolute atomic E-state index is 0.104. The van der Waals surface area contributed by atoms with Crippen LogP contribution in [0.5, 0.6) is 0 Å². The van der Waals surface area contributed by atoms with Gasteiger partial charge in [0.05, 0.1) is 11.8 Å². The molecule has 1 saturated heterocycles. The van der Waals surface area contributed by atoms with Crippen LogP contribution in [0.2, 0.25) is 0 Å². The molecule has 5 nitrogen and oxygen atoms in total. The molecule has 2 atom stereocenters. The highest BCUT2D eigenvalue weighted by Crippen LogP contribution is 2.39. The molecule has 0 radical (unpaired) electrons. The number of likely N-dealkylation sites (tertiary alicyclic amines) is 1. The van der Waals surface area contributed by atoms with Crippen LogP contribution in [0.1, 0.15) is 17.2 Å². The molecule has 4 rings (SSSR count). The van der Waals surface area contributed by atoms with Crippen LogP contribution in [0.25, 0.3) is 6.08 Å². The number of benzene rings is 2. The average Bonchev–Trinajstić information content (AvgIpc) is 2.99. The zero-order chi connectivity index (χ0) is 18.1. The number of primary amides is 1. The monoisotopic (exact) mass is 346 g/mol. The first-order valence-corrected chi connectivity index (χ1v) is 8.80. The highest BCUT2D eigenvalue weighted by atomic mass is 16.2. The number of fused-ring (bicyclic) bond motifs is 1. The number of nitrogens with two attached hydrogens (primary N) is 1. The van der Waals surface area contributed by atoms with Gasteiger partial charge in [-0.2, -0.15) is 5.10 Å². The normalized spacial score (nSPS) is 23.7. The molecule has 2 amide bonds. The standard InChI is InChI=1S/C21H22N4O/c1-24-20(16-10-6-3-7-11-16)18-14-25(21(22)26)13-17(19(18)23-24)12-15-8-4-2-5-9-15/h2-12,18,20H,13-14H2,1H3,(H2,22,26)/b17-12+. The Hall–Kier alpha value is -3.08. The van der Waals surface area contributed by atoms with Gasteiger partial charge in [0.25, 0.3) is 0 Å². The smallest absolute Gasteiger partial charge is 0.315 e. The molecule has 0 aromatic heterocycles. The summed E-state index contributed by atoms with van der Waals surface area (Å²) in [5, 5.41) is 6.86. The third-order valence-corrected chi connectivity index (χ3v) is 5.10. The zero-order valence-corrected chi connectivity index (χ0v) is 14.7. The number of hydrogen-bond acceptors (Lipinski definition) is 3. The van der Waals surface area contributed by atoms with Crippen molar-refractivity contribution in [3.63, 3.8) is 0 Å². The Bertz CT molecular complexity index is 860. The number of piperidine rings is 1. The van der Waals surface area contributed by atoms with Crippen molar-refractivity contribution in [3.8, 4) is 0 Å². The summed E-state index contributed by atoms with van der Waals surface area (Å²) in [6.45, 7) is 1.08. The van der Waals surface area contributed by atoms with Gasteiger partial charge in [0, 0.05) is 26.1 Å². The molecule has 2 N–H and O–H groups in total. The van der Waals surface area contributed by atoms with E-state index in [-0.39, 0.29) is 18.0 Å². The van der Waals surface area contributed by atoms with E-state index in [0.717, 1.165) is 16.8 Å². The lowest BCUT2D eigenvalue weighted by atomic mass is 9.83. The minimum Gasteiger partial charge on any atom is -0.351 e. The van der Waals surface area contributed by atoms with Crippen molar-refractivity contribution >= 4 is 17.8 Å². The number of carbonyl (C=O) groups excluding carboxylic acids is 1. The zero-order valence-electron chi connectivity index (χ0n) is 14.7. The van der Waals surface area contributed by atoms with E-state index in [1.54, 1.807) is 4.90 Å². The molecular weight excluding hydrogens is 324 g/mol. The van der Waals surface area contributed by atoms with Gasteiger partial charge in [-0.05, 0) is 22.8 Å². The van der Waals surface area contributed by atoms with Crippen molar-refractivity contribution in [2.45, 2.75) is 6.04 Å². The van der Waals surface area contributed by atoms with Crippen LogP contribution in [0, 0.1) is 5.92 Å². The fourth-order valence-electron chi connectivity index (χ4n) is 3.93. The topological polar surface area (TPSA) is 61.9 Å². The van der Waals surface area contributed by atoms with E-state index in [2.05, 4.69) is 30.3 Å². The summed E-state index contributed by atoms with van der Waals surface area (Å²) in [5.74, 6) is 0.110. The molecule has 2 aromatic rings. The van der Waals surface area contributed by atoms with Crippen LogP contribution in [0.4, 0.5) is 4.79 Å². The Kier molecular flexibility index (Phi) is 4.21. The van der Waals surface area contributed by atoms with E-state index in [1.807, 2.05) is 48.5 Å². The summed E-state index contributed by atoms with van der Waals surface area (Å²) in [7, 11) is 2.00. The molecule has 132 valence electrons. The molecule has 5 heteroatoms. The molecule has 26 heavy (non-hydrogen) atoms. The lowest BCUT2D eigenvalue weighted by Crippen LogP contribution is -2.48. The first-order chi connectivity index (χ1) is 12.6. The fraction of sp³-hybridized carbons (Fsp3) is 0.238. The van der Waals surface area contributed by atoms with Crippen molar-refractivity contribution in [1.82, 2.24) is 9.91 Å². The maximum atomic E-state index is 11.9. The summed E-state index contributed by atoms with van der Waals surface area (Å²) in [6, 6.07) is 20.2. The van der Waals surface area contributed by atoms with Crippen LogP contribution in [-0.2, 0) is 0 Å². The van der Waals surface area contributed by atoms with Crippen molar-refractivity contribution in [3.05, 3.63) is 77.4 Å². The maximum Gasteiger partial charge on any atom is 0.315 e. The van der Waals surface area contributed by atoms with Gasteiger partial charge < -0.3 is 10.6 Å².